The summed E-state index contributed by atoms with van der Waals surface area (Å²) >= 11 is 0. The molecule has 1 aliphatic rings. The minimum atomic E-state index is -4.68. The van der Waals surface area contributed by atoms with Crippen molar-refractivity contribution in [2.75, 3.05) is 0 Å². The van der Waals surface area contributed by atoms with Crippen LogP contribution in [-0.2, 0) is 5.54 Å². The number of para-hydroxylation sites is 1. The fraction of sp³-hybridized carbons (Fsp3) is 0.571. The van der Waals surface area contributed by atoms with Gasteiger partial charge in [0.1, 0.15) is 5.75 Å². The Kier molecular flexibility index (Phi) is 4.04. The van der Waals surface area contributed by atoms with Crippen molar-refractivity contribution in [1.29, 1.82) is 0 Å². The Morgan fingerprint density at radius 1 is 1.00 bits per heavy atom. The molecule has 0 saturated heterocycles. The summed E-state index contributed by atoms with van der Waals surface area (Å²) in [7, 11) is 0. The van der Waals surface area contributed by atoms with Crippen molar-refractivity contribution in [3.8, 4) is 5.75 Å². The van der Waals surface area contributed by atoms with E-state index >= 15 is 0 Å². The van der Waals surface area contributed by atoms with Crippen molar-refractivity contribution in [2.24, 2.45) is 5.73 Å². The molecule has 0 aromatic heterocycles. The number of rotatable bonds is 2. The Morgan fingerprint density at radius 2 is 1.58 bits per heavy atom. The van der Waals surface area contributed by atoms with Gasteiger partial charge in [0, 0.05) is 11.1 Å². The van der Waals surface area contributed by atoms with E-state index in [0.717, 1.165) is 25.7 Å². The Balaban J connectivity index is 2.32. The van der Waals surface area contributed by atoms with Crippen molar-refractivity contribution in [1.82, 2.24) is 0 Å². The molecule has 2 rings (SSSR count). The highest BCUT2D eigenvalue weighted by Crippen LogP contribution is 2.39. The minimum absolute atomic E-state index is 0.167. The largest absolute Gasteiger partial charge is 0.573 e. The van der Waals surface area contributed by atoms with Gasteiger partial charge < -0.3 is 10.5 Å². The number of nitrogens with two attached hydrogens (primary N) is 1. The second kappa shape index (κ2) is 5.41. The van der Waals surface area contributed by atoms with Crippen LogP contribution in [0.3, 0.4) is 0 Å². The topological polar surface area (TPSA) is 35.2 Å². The van der Waals surface area contributed by atoms with Crippen LogP contribution in [0, 0.1) is 0 Å². The molecule has 1 aromatic carbocycles. The molecule has 0 amide bonds. The lowest BCUT2D eigenvalue weighted by molar-refractivity contribution is -0.275. The third-order valence-electron chi connectivity index (χ3n) is 3.64. The summed E-state index contributed by atoms with van der Waals surface area (Å²) in [4.78, 5) is 0. The quantitative estimate of drug-likeness (QED) is 0.823. The second-order valence-electron chi connectivity index (χ2n) is 5.11. The Morgan fingerprint density at radius 3 is 2.16 bits per heavy atom. The van der Waals surface area contributed by atoms with Gasteiger partial charge in [-0.3, -0.25) is 0 Å². The highest BCUT2D eigenvalue weighted by Gasteiger charge is 2.36. The molecule has 2 N–H and O–H groups in total. The van der Waals surface area contributed by atoms with E-state index in [1.54, 1.807) is 12.1 Å². The summed E-state index contributed by atoms with van der Waals surface area (Å²) in [6, 6.07) is 6.22. The van der Waals surface area contributed by atoms with Crippen molar-refractivity contribution in [3.05, 3.63) is 29.8 Å². The van der Waals surface area contributed by atoms with Crippen molar-refractivity contribution in [3.63, 3.8) is 0 Å². The fourth-order valence-corrected chi connectivity index (χ4v) is 2.72. The second-order valence-corrected chi connectivity index (χ2v) is 5.11. The van der Waals surface area contributed by atoms with E-state index in [0.29, 0.717) is 18.4 Å². The molecule has 0 bridgehead atoms. The summed E-state index contributed by atoms with van der Waals surface area (Å²) in [5.74, 6) is -0.167. The molecule has 2 nitrogen and oxygen atoms in total. The van der Waals surface area contributed by atoms with Crippen LogP contribution >= 0.6 is 0 Å². The standard InChI is InChI=1S/C14H18F3NO/c15-14(16,17)19-12-8-4-3-7-11(12)13(18)9-5-1-2-6-10-13/h3-4,7-8H,1-2,5-6,9-10,18H2. The molecule has 1 aromatic rings. The van der Waals surface area contributed by atoms with Gasteiger partial charge in [-0.05, 0) is 18.9 Å². The predicted molar refractivity (Wildman–Crippen MR) is 66.7 cm³/mol. The lowest BCUT2D eigenvalue weighted by Gasteiger charge is -2.30. The van der Waals surface area contributed by atoms with Gasteiger partial charge in [-0.2, -0.15) is 0 Å². The highest BCUT2D eigenvalue weighted by atomic mass is 19.4. The molecule has 0 unspecified atom stereocenters. The van der Waals surface area contributed by atoms with E-state index < -0.39 is 11.9 Å². The lowest BCUT2D eigenvalue weighted by atomic mass is 9.83. The molecule has 0 heterocycles. The van der Waals surface area contributed by atoms with Gasteiger partial charge in [-0.25, -0.2) is 0 Å². The minimum Gasteiger partial charge on any atom is -0.405 e. The van der Waals surface area contributed by atoms with E-state index in [1.807, 2.05) is 0 Å². The molecule has 0 spiro atoms. The van der Waals surface area contributed by atoms with Crippen LogP contribution < -0.4 is 10.5 Å². The third kappa shape index (κ3) is 3.62. The average Bonchev–Trinajstić information content (AvgIpc) is 2.53. The van der Waals surface area contributed by atoms with E-state index in [9.17, 15) is 13.2 Å². The molecule has 1 aliphatic carbocycles. The zero-order valence-electron chi connectivity index (χ0n) is 10.7. The SMILES string of the molecule is NC1(c2ccccc2OC(F)(F)F)CCCCCC1. The summed E-state index contributed by atoms with van der Waals surface area (Å²) in [6.07, 6.45) is 0.768. The zero-order chi connectivity index (χ0) is 13.9. The number of halogens is 3. The summed E-state index contributed by atoms with van der Waals surface area (Å²) in [6.45, 7) is 0. The molecule has 0 radical (unpaired) electrons. The van der Waals surface area contributed by atoms with Gasteiger partial charge in [0.05, 0.1) is 0 Å². The van der Waals surface area contributed by atoms with Crippen molar-refractivity contribution < 1.29 is 17.9 Å². The highest BCUT2D eigenvalue weighted by molar-refractivity contribution is 5.39. The molecular weight excluding hydrogens is 255 g/mol. The predicted octanol–water partition coefficient (Wildman–Crippen LogP) is 4.09. The van der Waals surface area contributed by atoms with E-state index in [2.05, 4.69) is 4.74 Å². The Bertz CT molecular complexity index is 423. The summed E-state index contributed by atoms with van der Waals surface area (Å²) in [5, 5.41) is 0. The molecule has 19 heavy (non-hydrogen) atoms. The molecule has 1 saturated carbocycles. The molecule has 0 aliphatic heterocycles. The molecule has 0 atom stereocenters. The van der Waals surface area contributed by atoms with Gasteiger partial charge in [0.15, 0.2) is 0 Å². The first-order valence-corrected chi connectivity index (χ1v) is 6.55. The maximum Gasteiger partial charge on any atom is 0.573 e. The van der Waals surface area contributed by atoms with E-state index in [-0.39, 0.29) is 5.75 Å². The van der Waals surface area contributed by atoms with E-state index in [4.69, 9.17) is 5.73 Å². The zero-order valence-corrected chi connectivity index (χ0v) is 10.7. The number of ether oxygens (including phenoxy) is 1. The van der Waals surface area contributed by atoms with E-state index in [1.165, 1.54) is 12.1 Å². The average molecular weight is 273 g/mol. The third-order valence-corrected chi connectivity index (χ3v) is 3.64. The molecular formula is C14H18F3NO. The monoisotopic (exact) mass is 273 g/mol. The van der Waals surface area contributed by atoms with Gasteiger partial charge in [-0.1, -0.05) is 43.9 Å². The first-order valence-electron chi connectivity index (χ1n) is 6.55. The van der Waals surface area contributed by atoms with Crippen molar-refractivity contribution >= 4 is 0 Å². The Hall–Kier alpha value is -1.23. The number of hydrogen-bond acceptors (Lipinski definition) is 2. The van der Waals surface area contributed by atoms with Crippen molar-refractivity contribution in [2.45, 2.75) is 50.4 Å². The van der Waals surface area contributed by atoms with Crippen LogP contribution in [0.15, 0.2) is 24.3 Å². The van der Waals surface area contributed by atoms with Crippen LogP contribution in [0.4, 0.5) is 13.2 Å². The Labute approximate surface area is 110 Å². The molecule has 1 fully saturated rings. The molecule has 5 heteroatoms. The summed E-state index contributed by atoms with van der Waals surface area (Å²) < 4.78 is 41.4. The van der Waals surface area contributed by atoms with Crippen LogP contribution in [0.2, 0.25) is 0 Å². The smallest absolute Gasteiger partial charge is 0.405 e. The van der Waals surface area contributed by atoms with Crippen LogP contribution in [0.25, 0.3) is 0 Å². The van der Waals surface area contributed by atoms with Gasteiger partial charge in [0.2, 0.25) is 0 Å². The van der Waals surface area contributed by atoms with Crippen LogP contribution in [0.5, 0.6) is 5.75 Å². The van der Waals surface area contributed by atoms with Gasteiger partial charge >= 0.3 is 6.36 Å². The first-order chi connectivity index (χ1) is 8.91. The number of hydrogen-bond donors (Lipinski definition) is 1. The number of alkyl halides is 3. The van der Waals surface area contributed by atoms with Crippen LogP contribution in [0.1, 0.15) is 44.1 Å². The van der Waals surface area contributed by atoms with Crippen LogP contribution in [-0.4, -0.2) is 6.36 Å². The molecule has 106 valence electrons. The summed E-state index contributed by atoms with van der Waals surface area (Å²) in [5.41, 5.74) is 6.11. The normalized spacial score (nSPS) is 19.8. The lowest BCUT2D eigenvalue weighted by Crippen LogP contribution is -2.37. The fourth-order valence-electron chi connectivity index (χ4n) is 2.72. The van der Waals surface area contributed by atoms with Gasteiger partial charge in [0.25, 0.3) is 0 Å². The first kappa shape index (κ1) is 14.2. The maximum atomic E-state index is 12.4. The maximum absolute atomic E-state index is 12.4. The van der Waals surface area contributed by atoms with Gasteiger partial charge in [-0.15, -0.1) is 13.2 Å². The number of benzene rings is 1.